The number of benzene rings is 1. The third-order valence-electron chi connectivity index (χ3n) is 5.06. The second kappa shape index (κ2) is 9.79. The van der Waals surface area contributed by atoms with E-state index in [9.17, 15) is 9.59 Å². The number of carbonyl (C=O) groups excluding carboxylic acids is 1. The minimum absolute atomic E-state index is 0.224. The highest BCUT2D eigenvalue weighted by atomic mass is 32.1. The van der Waals surface area contributed by atoms with Gasteiger partial charge in [0.05, 0.1) is 28.5 Å². The zero-order valence-electron chi connectivity index (χ0n) is 18.4. The van der Waals surface area contributed by atoms with Crippen molar-refractivity contribution in [3.8, 4) is 5.75 Å². The summed E-state index contributed by atoms with van der Waals surface area (Å²) in [4.78, 5) is 35.6. The van der Waals surface area contributed by atoms with E-state index in [0.29, 0.717) is 33.0 Å². The molecule has 0 spiro atoms. The number of fused-ring (bicyclic) bond motifs is 1. The first kappa shape index (κ1) is 22.4. The molecule has 3 aromatic rings. The van der Waals surface area contributed by atoms with E-state index in [1.807, 2.05) is 36.4 Å². The quantitative estimate of drug-likeness (QED) is 0.399. The molecule has 0 bridgehead atoms. The van der Waals surface area contributed by atoms with Crippen molar-refractivity contribution in [1.82, 2.24) is 9.55 Å². The number of aromatic nitrogens is 2. The van der Waals surface area contributed by atoms with Crippen LogP contribution in [-0.4, -0.2) is 28.7 Å². The maximum atomic E-state index is 13.5. The van der Waals surface area contributed by atoms with E-state index in [0.717, 1.165) is 11.1 Å². The van der Waals surface area contributed by atoms with Crippen molar-refractivity contribution in [3.05, 3.63) is 104 Å². The van der Waals surface area contributed by atoms with Crippen LogP contribution < -0.4 is 19.6 Å². The van der Waals surface area contributed by atoms with Crippen molar-refractivity contribution in [3.63, 3.8) is 0 Å². The van der Waals surface area contributed by atoms with Crippen LogP contribution in [-0.2, 0) is 9.53 Å². The summed E-state index contributed by atoms with van der Waals surface area (Å²) in [6.45, 7) is 7.77. The van der Waals surface area contributed by atoms with Crippen molar-refractivity contribution < 1.29 is 14.3 Å². The molecular formula is C25H23N3O4S. The molecule has 0 unspecified atom stereocenters. The summed E-state index contributed by atoms with van der Waals surface area (Å²) in [5.41, 5.74) is 2.21. The van der Waals surface area contributed by atoms with E-state index in [-0.39, 0.29) is 12.2 Å². The number of carbonyl (C=O) groups is 1. The van der Waals surface area contributed by atoms with Gasteiger partial charge in [0.15, 0.2) is 4.80 Å². The van der Waals surface area contributed by atoms with Crippen LogP contribution in [0.4, 0.5) is 0 Å². The Labute approximate surface area is 194 Å². The molecule has 0 radical (unpaired) electrons. The molecule has 2 aromatic heterocycles. The minimum atomic E-state index is -0.662. The van der Waals surface area contributed by atoms with E-state index in [1.165, 1.54) is 11.3 Å². The lowest BCUT2D eigenvalue weighted by atomic mass is 9.96. The molecule has 0 fully saturated rings. The van der Waals surface area contributed by atoms with Crippen molar-refractivity contribution in [2.45, 2.75) is 19.9 Å². The molecule has 8 heteroatoms. The summed E-state index contributed by atoms with van der Waals surface area (Å²) in [7, 11) is 0. The summed E-state index contributed by atoms with van der Waals surface area (Å²) in [5.74, 6) is 0.179. The maximum absolute atomic E-state index is 13.5. The fourth-order valence-corrected chi connectivity index (χ4v) is 4.67. The monoisotopic (exact) mass is 461 g/mol. The van der Waals surface area contributed by atoms with Crippen LogP contribution in [0.1, 0.15) is 31.0 Å². The second-order valence-corrected chi connectivity index (χ2v) is 8.27. The van der Waals surface area contributed by atoms with Crippen LogP contribution in [0.5, 0.6) is 5.75 Å². The lowest BCUT2D eigenvalue weighted by molar-refractivity contribution is -0.139. The van der Waals surface area contributed by atoms with Gasteiger partial charge in [-0.2, -0.15) is 0 Å². The van der Waals surface area contributed by atoms with Gasteiger partial charge in [-0.1, -0.05) is 42.2 Å². The van der Waals surface area contributed by atoms with Gasteiger partial charge in [-0.25, -0.2) is 9.79 Å². The van der Waals surface area contributed by atoms with E-state index in [2.05, 4.69) is 16.6 Å². The first-order valence-electron chi connectivity index (χ1n) is 10.5. The van der Waals surface area contributed by atoms with Gasteiger partial charge in [-0.05, 0) is 49.2 Å². The number of hydrogen-bond acceptors (Lipinski definition) is 7. The van der Waals surface area contributed by atoms with Crippen molar-refractivity contribution in [2.75, 3.05) is 13.2 Å². The Hall–Kier alpha value is -3.78. The van der Waals surface area contributed by atoms with Crippen LogP contribution in [0.15, 0.2) is 82.5 Å². The van der Waals surface area contributed by atoms with Crippen LogP contribution in [0.2, 0.25) is 0 Å². The van der Waals surface area contributed by atoms with Gasteiger partial charge in [0, 0.05) is 12.4 Å². The maximum Gasteiger partial charge on any atom is 0.338 e. The largest absolute Gasteiger partial charge is 0.490 e. The number of ether oxygens (including phenoxy) is 2. The van der Waals surface area contributed by atoms with E-state index >= 15 is 0 Å². The van der Waals surface area contributed by atoms with Crippen molar-refractivity contribution in [2.24, 2.45) is 4.99 Å². The normalized spacial score (nSPS) is 15.6. The van der Waals surface area contributed by atoms with Gasteiger partial charge >= 0.3 is 5.97 Å². The molecule has 33 heavy (non-hydrogen) atoms. The Balaban J connectivity index is 1.89. The Morgan fingerprint density at radius 1 is 1.27 bits per heavy atom. The first-order valence-corrected chi connectivity index (χ1v) is 11.3. The Morgan fingerprint density at radius 3 is 2.73 bits per heavy atom. The van der Waals surface area contributed by atoms with E-state index in [1.54, 1.807) is 43.0 Å². The Kier molecular flexibility index (Phi) is 6.65. The molecule has 1 aliphatic rings. The zero-order chi connectivity index (χ0) is 23.4. The number of rotatable bonds is 7. The van der Waals surface area contributed by atoms with Gasteiger partial charge in [-0.3, -0.25) is 14.3 Å². The first-order chi connectivity index (χ1) is 16.0. The SMILES string of the molecule is C=CCOc1ccc([C@H]2C(C(=O)OCC)=C(C)N=c3s/c(=C\c4cccnc4)c(=O)n32)cc1. The predicted octanol–water partition coefficient (Wildman–Crippen LogP) is 2.76. The number of nitrogens with zero attached hydrogens (tertiary/aromatic N) is 3. The molecule has 0 saturated heterocycles. The third kappa shape index (κ3) is 4.56. The molecule has 3 heterocycles. The minimum Gasteiger partial charge on any atom is -0.490 e. The van der Waals surface area contributed by atoms with E-state index in [4.69, 9.17) is 9.47 Å². The Bertz CT molecular complexity index is 1390. The number of pyridine rings is 1. The van der Waals surface area contributed by atoms with Crippen molar-refractivity contribution in [1.29, 1.82) is 0 Å². The molecule has 1 aliphatic heterocycles. The molecule has 4 rings (SSSR count). The highest BCUT2D eigenvalue weighted by Gasteiger charge is 2.33. The van der Waals surface area contributed by atoms with Gasteiger partial charge < -0.3 is 9.47 Å². The number of hydrogen-bond donors (Lipinski definition) is 0. The van der Waals surface area contributed by atoms with Gasteiger partial charge in [0.1, 0.15) is 12.4 Å². The lowest BCUT2D eigenvalue weighted by Crippen LogP contribution is -2.39. The van der Waals surface area contributed by atoms with Gasteiger partial charge in [0.2, 0.25) is 0 Å². The van der Waals surface area contributed by atoms with Crippen LogP contribution in [0.3, 0.4) is 0 Å². The smallest absolute Gasteiger partial charge is 0.338 e. The molecule has 1 aromatic carbocycles. The molecule has 168 valence electrons. The average Bonchev–Trinajstić information content (AvgIpc) is 3.12. The third-order valence-corrected chi connectivity index (χ3v) is 6.05. The molecule has 0 amide bonds. The summed E-state index contributed by atoms with van der Waals surface area (Å²) in [6, 6.07) is 10.3. The number of allylic oxidation sites excluding steroid dienone is 1. The fraction of sp³-hybridized carbons (Fsp3) is 0.200. The van der Waals surface area contributed by atoms with E-state index < -0.39 is 12.0 Å². The number of thiazole rings is 1. The number of esters is 1. The average molecular weight is 462 g/mol. The van der Waals surface area contributed by atoms with Gasteiger partial charge in [0.25, 0.3) is 5.56 Å². The zero-order valence-corrected chi connectivity index (χ0v) is 19.2. The molecular weight excluding hydrogens is 438 g/mol. The van der Waals surface area contributed by atoms with Crippen molar-refractivity contribution >= 4 is 23.4 Å². The topological polar surface area (TPSA) is 82.8 Å². The lowest BCUT2D eigenvalue weighted by Gasteiger charge is -2.24. The fourth-order valence-electron chi connectivity index (χ4n) is 3.62. The molecule has 7 nitrogen and oxygen atoms in total. The van der Waals surface area contributed by atoms with Crippen LogP contribution in [0.25, 0.3) is 6.08 Å². The summed E-state index contributed by atoms with van der Waals surface area (Å²) in [5, 5.41) is 0. The highest BCUT2D eigenvalue weighted by molar-refractivity contribution is 7.07. The summed E-state index contributed by atoms with van der Waals surface area (Å²) >= 11 is 1.28. The molecule has 0 N–H and O–H groups in total. The molecule has 1 atom stereocenters. The Morgan fingerprint density at radius 2 is 2.06 bits per heavy atom. The molecule has 0 aliphatic carbocycles. The molecule has 0 saturated carbocycles. The summed E-state index contributed by atoms with van der Waals surface area (Å²) < 4.78 is 13.0. The summed E-state index contributed by atoms with van der Waals surface area (Å²) in [6.07, 6.45) is 6.81. The standard InChI is InChI=1S/C25H23N3O4S/c1-4-13-32-19-10-8-18(9-11-19)22-21(24(30)31-5-2)16(3)27-25-28(22)23(29)20(33-25)14-17-7-6-12-26-15-17/h4,6-12,14-15,22H,1,5,13H2,2-3H3/b20-14-/t22-/m0/s1. The second-order valence-electron chi connectivity index (χ2n) is 7.26. The highest BCUT2D eigenvalue weighted by Crippen LogP contribution is 2.31. The van der Waals surface area contributed by atoms with Gasteiger partial charge in [-0.15, -0.1) is 0 Å². The van der Waals surface area contributed by atoms with Crippen LogP contribution >= 0.6 is 11.3 Å². The predicted molar refractivity (Wildman–Crippen MR) is 127 cm³/mol. The van der Waals surface area contributed by atoms with Crippen LogP contribution in [0, 0.1) is 0 Å².